The largest absolute Gasteiger partial charge is 0.493 e. The topological polar surface area (TPSA) is 54.5 Å². The number of nitrogens with one attached hydrogen (secondary N) is 1. The molecule has 0 saturated carbocycles. The normalized spacial score (nSPS) is 14.1. The van der Waals surface area contributed by atoms with Crippen LogP contribution in [-0.4, -0.2) is 30.6 Å². The second-order valence-electron chi connectivity index (χ2n) is 7.46. The van der Waals surface area contributed by atoms with E-state index in [4.69, 9.17) is 9.72 Å². The van der Waals surface area contributed by atoms with Gasteiger partial charge in [0.15, 0.2) is 0 Å². The molecule has 2 heterocycles. The number of aromatic nitrogens is 1. The maximum Gasteiger partial charge on any atom is 0.259 e. The van der Waals surface area contributed by atoms with Gasteiger partial charge in [-0.25, -0.2) is 4.98 Å². The summed E-state index contributed by atoms with van der Waals surface area (Å²) in [5, 5.41) is 4.05. The Balaban J connectivity index is 1.59. The van der Waals surface area contributed by atoms with Crippen LogP contribution in [0.25, 0.3) is 10.9 Å². The van der Waals surface area contributed by atoms with E-state index in [1.54, 1.807) is 6.07 Å². The highest BCUT2D eigenvalue weighted by molar-refractivity contribution is 6.07. The summed E-state index contributed by atoms with van der Waals surface area (Å²) in [7, 11) is 0. The Morgan fingerprint density at radius 2 is 1.90 bits per heavy atom. The van der Waals surface area contributed by atoms with E-state index in [1.807, 2.05) is 43.3 Å². The van der Waals surface area contributed by atoms with Crippen molar-refractivity contribution in [2.45, 2.75) is 33.1 Å². The quantitative estimate of drug-likeness (QED) is 0.653. The molecular formula is C24H27N3O2. The molecule has 4 rings (SSSR count). The molecule has 3 aromatic rings. The standard InChI is InChI=1S/C24H27N3O2/c1-3-29-22-10-6-5-9-19(22)24(28)25-18-11-12-21-20(16-18)17(2)15-23(26-21)27-13-7-4-8-14-27/h5-6,9-12,15-16H,3-4,7-8,13-14H2,1-2H3,(H,25,28). The highest BCUT2D eigenvalue weighted by atomic mass is 16.5. The van der Waals surface area contributed by atoms with Gasteiger partial charge < -0.3 is 15.0 Å². The van der Waals surface area contributed by atoms with E-state index in [-0.39, 0.29) is 5.91 Å². The smallest absolute Gasteiger partial charge is 0.259 e. The number of benzene rings is 2. The fourth-order valence-corrected chi connectivity index (χ4v) is 3.87. The van der Waals surface area contributed by atoms with Crippen LogP contribution in [0.15, 0.2) is 48.5 Å². The van der Waals surface area contributed by atoms with Gasteiger partial charge in [-0.05, 0) is 75.1 Å². The van der Waals surface area contributed by atoms with Crippen LogP contribution < -0.4 is 15.0 Å². The first-order valence-corrected chi connectivity index (χ1v) is 10.4. The first kappa shape index (κ1) is 19.2. The highest BCUT2D eigenvalue weighted by Crippen LogP contribution is 2.27. The maximum absolute atomic E-state index is 12.8. The molecule has 5 nitrogen and oxygen atoms in total. The number of amides is 1. The molecule has 0 bridgehead atoms. The van der Waals surface area contributed by atoms with E-state index in [0.29, 0.717) is 17.9 Å². The molecule has 1 aliphatic heterocycles. The van der Waals surface area contributed by atoms with Crippen LogP contribution >= 0.6 is 0 Å². The highest BCUT2D eigenvalue weighted by Gasteiger charge is 2.15. The van der Waals surface area contributed by atoms with Crippen molar-refractivity contribution in [2.24, 2.45) is 0 Å². The number of piperidine rings is 1. The fraction of sp³-hybridized carbons (Fsp3) is 0.333. The van der Waals surface area contributed by atoms with Gasteiger partial charge in [0.2, 0.25) is 0 Å². The summed E-state index contributed by atoms with van der Waals surface area (Å²) in [5.41, 5.74) is 3.41. The number of carbonyl (C=O) groups is 1. The van der Waals surface area contributed by atoms with Crippen molar-refractivity contribution in [2.75, 3.05) is 29.9 Å². The van der Waals surface area contributed by atoms with Crippen molar-refractivity contribution in [1.29, 1.82) is 0 Å². The van der Waals surface area contributed by atoms with Crippen molar-refractivity contribution in [3.05, 3.63) is 59.7 Å². The number of hydrogen-bond donors (Lipinski definition) is 1. The van der Waals surface area contributed by atoms with Crippen molar-refractivity contribution in [1.82, 2.24) is 4.98 Å². The van der Waals surface area contributed by atoms with E-state index in [1.165, 1.54) is 24.8 Å². The molecule has 1 N–H and O–H groups in total. The van der Waals surface area contributed by atoms with Gasteiger partial charge in [-0.15, -0.1) is 0 Å². The maximum atomic E-state index is 12.8. The second kappa shape index (κ2) is 8.52. The summed E-state index contributed by atoms with van der Waals surface area (Å²) in [6, 6.07) is 15.4. The summed E-state index contributed by atoms with van der Waals surface area (Å²) in [5.74, 6) is 1.47. The minimum atomic E-state index is -0.177. The Labute approximate surface area is 171 Å². The second-order valence-corrected chi connectivity index (χ2v) is 7.46. The lowest BCUT2D eigenvalue weighted by molar-refractivity contribution is 0.102. The Kier molecular flexibility index (Phi) is 5.65. The molecule has 0 radical (unpaired) electrons. The Morgan fingerprint density at radius 1 is 1.10 bits per heavy atom. The number of hydrogen-bond acceptors (Lipinski definition) is 4. The van der Waals surface area contributed by atoms with E-state index in [0.717, 1.165) is 35.5 Å². The number of ether oxygens (including phenoxy) is 1. The van der Waals surface area contributed by atoms with Crippen molar-refractivity contribution in [3.8, 4) is 5.75 Å². The van der Waals surface area contributed by atoms with Gasteiger partial charge in [0.25, 0.3) is 5.91 Å². The first-order chi connectivity index (χ1) is 14.2. The van der Waals surface area contributed by atoms with Gasteiger partial charge in [0, 0.05) is 24.2 Å². The van der Waals surface area contributed by atoms with E-state index >= 15 is 0 Å². The molecule has 1 fully saturated rings. The third-order valence-electron chi connectivity index (χ3n) is 5.37. The van der Waals surface area contributed by atoms with Crippen molar-refractivity contribution < 1.29 is 9.53 Å². The average Bonchev–Trinajstić information content (AvgIpc) is 2.75. The number of nitrogens with zero attached hydrogens (tertiary/aromatic N) is 2. The molecule has 5 heteroatoms. The molecule has 0 unspecified atom stereocenters. The van der Waals surface area contributed by atoms with Crippen LogP contribution in [0, 0.1) is 6.92 Å². The van der Waals surface area contributed by atoms with Crippen LogP contribution in [0.4, 0.5) is 11.5 Å². The molecule has 1 aromatic heterocycles. The summed E-state index contributed by atoms with van der Waals surface area (Å²) < 4.78 is 5.58. The number of rotatable bonds is 5. The van der Waals surface area contributed by atoms with Crippen LogP contribution in [0.3, 0.4) is 0 Å². The molecule has 1 saturated heterocycles. The molecule has 1 aliphatic rings. The monoisotopic (exact) mass is 389 g/mol. The number of carbonyl (C=O) groups excluding carboxylic acids is 1. The van der Waals surface area contributed by atoms with Gasteiger partial charge in [-0.2, -0.15) is 0 Å². The Hall–Kier alpha value is -3.08. The predicted octanol–water partition coefficient (Wildman–Crippen LogP) is 5.18. The fourth-order valence-electron chi connectivity index (χ4n) is 3.87. The van der Waals surface area contributed by atoms with E-state index in [9.17, 15) is 4.79 Å². The van der Waals surface area contributed by atoms with Crippen molar-refractivity contribution >= 4 is 28.3 Å². The first-order valence-electron chi connectivity index (χ1n) is 10.4. The minimum absolute atomic E-state index is 0.177. The number of anilines is 2. The van der Waals surface area contributed by atoms with Crippen molar-refractivity contribution in [3.63, 3.8) is 0 Å². The summed E-state index contributed by atoms with van der Waals surface area (Å²) in [6.45, 7) is 6.68. The number of pyridine rings is 1. The van der Waals surface area contributed by atoms with Crippen LogP contribution in [0.1, 0.15) is 42.1 Å². The molecular weight excluding hydrogens is 362 g/mol. The Bertz CT molecular complexity index is 1030. The number of para-hydroxylation sites is 1. The lowest BCUT2D eigenvalue weighted by atomic mass is 10.1. The average molecular weight is 389 g/mol. The number of fused-ring (bicyclic) bond motifs is 1. The minimum Gasteiger partial charge on any atom is -0.493 e. The SMILES string of the molecule is CCOc1ccccc1C(=O)Nc1ccc2nc(N3CCCCC3)cc(C)c2c1. The molecule has 0 aliphatic carbocycles. The van der Waals surface area contributed by atoms with Crippen LogP contribution in [-0.2, 0) is 0 Å². The van der Waals surface area contributed by atoms with Gasteiger partial charge in [0.1, 0.15) is 11.6 Å². The summed E-state index contributed by atoms with van der Waals surface area (Å²) in [6.07, 6.45) is 3.76. The lowest BCUT2D eigenvalue weighted by Gasteiger charge is -2.28. The number of aryl methyl sites for hydroxylation is 1. The summed E-state index contributed by atoms with van der Waals surface area (Å²) >= 11 is 0. The zero-order chi connectivity index (χ0) is 20.2. The predicted molar refractivity (Wildman–Crippen MR) is 118 cm³/mol. The Morgan fingerprint density at radius 3 is 2.69 bits per heavy atom. The molecule has 150 valence electrons. The molecule has 2 aromatic carbocycles. The molecule has 1 amide bonds. The summed E-state index contributed by atoms with van der Waals surface area (Å²) in [4.78, 5) is 20.0. The van der Waals surface area contributed by atoms with E-state index in [2.05, 4.69) is 23.2 Å². The zero-order valence-corrected chi connectivity index (χ0v) is 17.1. The van der Waals surface area contributed by atoms with Gasteiger partial charge in [-0.1, -0.05) is 12.1 Å². The third-order valence-corrected chi connectivity index (χ3v) is 5.37. The zero-order valence-electron chi connectivity index (χ0n) is 17.1. The van der Waals surface area contributed by atoms with E-state index < -0.39 is 0 Å². The van der Waals surface area contributed by atoms with Crippen LogP contribution in [0.2, 0.25) is 0 Å². The van der Waals surface area contributed by atoms with Gasteiger partial charge >= 0.3 is 0 Å². The molecule has 0 atom stereocenters. The lowest BCUT2D eigenvalue weighted by Crippen LogP contribution is -2.30. The van der Waals surface area contributed by atoms with Gasteiger partial charge in [-0.3, -0.25) is 4.79 Å². The van der Waals surface area contributed by atoms with Crippen LogP contribution in [0.5, 0.6) is 5.75 Å². The molecule has 29 heavy (non-hydrogen) atoms. The molecule has 0 spiro atoms. The van der Waals surface area contributed by atoms with Gasteiger partial charge in [0.05, 0.1) is 17.7 Å². The third kappa shape index (κ3) is 4.19.